The molecule has 0 radical (unpaired) electrons. The molecule has 342 valence electrons. The number of para-hydroxylation sites is 2. The summed E-state index contributed by atoms with van der Waals surface area (Å²) in [5.41, 5.74) is 15.6. The largest absolute Gasteiger partial charge is 0.334 e. The molecule has 0 N–H and O–H groups in total. The van der Waals surface area contributed by atoms with E-state index >= 15 is 0 Å². The Morgan fingerprint density at radius 3 is 1.51 bits per heavy atom. The maximum Gasteiger partial charge on any atom is 0.0566 e. The van der Waals surface area contributed by atoms with E-state index in [0.29, 0.717) is 0 Å². The first-order valence-electron chi connectivity index (χ1n) is 25.3. The van der Waals surface area contributed by atoms with E-state index in [-0.39, 0.29) is 6.04 Å². The number of allylic oxidation sites excluding steroid dienone is 4. The van der Waals surface area contributed by atoms with Crippen molar-refractivity contribution in [2.24, 2.45) is 0 Å². The van der Waals surface area contributed by atoms with Gasteiger partial charge in [0.25, 0.3) is 0 Å². The van der Waals surface area contributed by atoms with Crippen molar-refractivity contribution < 1.29 is 0 Å². The lowest BCUT2D eigenvalue weighted by molar-refractivity contribution is 0.838. The zero-order chi connectivity index (χ0) is 47.8. The van der Waals surface area contributed by atoms with Gasteiger partial charge in [-0.2, -0.15) is 0 Å². The number of hydrogen-bond donors (Lipinski definition) is 0. The molecule has 2 nitrogen and oxygen atoms in total. The van der Waals surface area contributed by atoms with E-state index in [1.54, 1.807) is 0 Å². The smallest absolute Gasteiger partial charge is 0.0566 e. The third-order valence-electron chi connectivity index (χ3n) is 14.8. The van der Waals surface area contributed by atoms with E-state index in [0.717, 1.165) is 36.3 Å². The standard InChI is InChI=1S/C70H52N2/c1-5-19-49(20-6-1)51-35-39-57(40-36-51)71(55-27-9-3-10-28-55)59-43-45-65-67(47-59)69(63-33-17-25-53-23-13-15-31-61(53)63)66-46-44-60(48-68(66)70(65)64-34-18-26-54-24-14-16-32-62(54)64)72(56-29-11-4-12-30-56)58-41-37-52(38-42-58)50-21-7-2-8-22-50/h1,3-7,9-43,45-48,60H,2,8,44H2. The minimum atomic E-state index is 0.0257. The van der Waals surface area contributed by atoms with Crippen LogP contribution in [0.25, 0.3) is 83.4 Å². The average molecular weight is 921 g/mol. The van der Waals surface area contributed by atoms with Crippen molar-refractivity contribution in [2.75, 3.05) is 9.80 Å². The van der Waals surface area contributed by atoms with Crippen LogP contribution in [0.3, 0.4) is 0 Å². The zero-order valence-electron chi connectivity index (χ0n) is 40.1. The highest BCUT2D eigenvalue weighted by Gasteiger charge is 2.26. The average Bonchev–Trinajstić information content (AvgIpc) is 3.46. The van der Waals surface area contributed by atoms with Crippen LogP contribution in [-0.2, 0) is 0 Å². The van der Waals surface area contributed by atoms with E-state index in [1.807, 2.05) is 0 Å². The number of nitrogens with zero attached hydrogens (tertiary/aromatic N) is 2. The van der Waals surface area contributed by atoms with Gasteiger partial charge in [-0.1, -0.05) is 212 Å². The fourth-order valence-electron chi connectivity index (χ4n) is 11.4. The van der Waals surface area contributed by atoms with Crippen molar-refractivity contribution in [1.29, 1.82) is 0 Å². The summed E-state index contributed by atoms with van der Waals surface area (Å²) < 4.78 is 0. The van der Waals surface area contributed by atoms with Crippen LogP contribution in [0.15, 0.2) is 261 Å². The minimum absolute atomic E-state index is 0.0257. The highest BCUT2D eigenvalue weighted by molar-refractivity contribution is 6.14. The van der Waals surface area contributed by atoms with Gasteiger partial charge in [0.1, 0.15) is 0 Å². The van der Waals surface area contributed by atoms with Gasteiger partial charge in [0.05, 0.1) is 6.04 Å². The van der Waals surface area contributed by atoms with Gasteiger partial charge < -0.3 is 9.80 Å². The Balaban J connectivity index is 1.09. The molecule has 2 aliphatic carbocycles. The first-order valence-corrected chi connectivity index (χ1v) is 25.3. The lowest BCUT2D eigenvalue weighted by Crippen LogP contribution is -2.40. The molecular formula is C70H52N2. The molecule has 11 aromatic rings. The molecule has 0 amide bonds. The normalized spacial score (nSPS) is 14.1. The minimum Gasteiger partial charge on any atom is -0.334 e. The number of anilines is 5. The van der Waals surface area contributed by atoms with E-state index in [4.69, 9.17) is 0 Å². The molecule has 2 heteroatoms. The van der Waals surface area contributed by atoms with Gasteiger partial charge in [0.15, 0.2) is 0 Å². The molecule has 0 spiro atoms. The van der Waals surface area contributed by atoms with Crippen LogP contribution in [-0.4, -0.2) is 6.04 Å². The van der Waals surface area contributed by atoms with Crippen LogP contribution in [0, 0.1) is 0 Å². The van der Waals surface area contributed by atoms with Gasteiger partial charge in [0.2, 0.25) is 0 Å². The second-order valence-electron chi connectivity index (χ2n) is 19.0. The van der Waals surface area contributed by atoms with Crippen molar-refractivity contribution in [3.05, 3.63) is 277 Å². The number of rotatable bonds is 10. The highest BCUT2D eigenvalue weighted by atomic mass is 15.2. The Bertz CT molecular complexity index is 3970. The third kappa shape index (κ3) is 7.88. The summed E-state index contributed by atoms with van der Waals surface area (Å²) in [6.07, 6.45) is 15.1. The quantitative estimate of drug-likeness (QED) is 0.135. The van der Waals surface area contributed by atoms with Crippen molar-refractivity contribution in [3.63, 3.8) is 0 Å². The first-order chi connectivity index (χ1) is 35.7. The molecule has 0 heterocycles. The zero-order valence-corrected chi connectivity index (χ0v) is 40.1. The maximum atomic E-state index is 2.59. The lowest BCUT2D eigenvalue weighted by atomic mass is 9.83. The Morgan fingerprint density at radius 1 is 0.347 bits per heavy atom. The summed E-state index contributed by atoms with van der Waals surface area (Å²) in [5, 5.41) is 9.92. The lowest BCUT2D eigenvalue weighted by Gasteiger charge is -2.34. The SMILES string of the molecule is C1=CC(c2ccc(N(c3ccccc3)C3C=c4c(-c5cccc6ccccc56)c5ccc(N(c6ccccc6)c6ccc(-c7ccccc7)cc6)cc5c(-c5cccc6ccccc56)c4=CC3)cc2)=CCC1. The predicted molar refractivity (Wildman–Crippen MR) is 308 cm³/mol. The summed E-state index contributed by atoms with van der Waals surface area (Å²) in [7, 11) is 0. The van der Waals surface area contributed by atoms with Crippen molar-refractivity contribution >= 4 is 78.5 Å². The molecule has 0 bridgehead atoms. The summed E-state index contributed by atoms with van der Waals surface area (Å²) in [5.74, 6) is 0. The fraction of sp³-hybridized carbons (Fsp3) is 0.0571. The molecule has 2 aliphatic rings. The summed E-state index contributed by atoms with van der Waals surface area (Å²) >= 11 is 0. The Kier molecular flexibility index (Phi) is 11.2. The molecule has 0 saturated heterocycles. The molecule has 72 heavy (non-hydrogen) atoms. The number of hydrogen-bond acceptors (Lipinski definition) is 2. The molecule has 0 aliphatic heterocycles. The molecule has 0 saturated carbocycles. The third-order valence-corrected chi connectivity index (χ3v) is 14.8. The molecule has 1 unspecified atom stereocenters. The van der Waals surface area contributed by atoms with Gasteiger partial charge >= 0.3 is 0 Å². The van der Waals surface area contributed by atoms with Crippen molar-refractivity contribution in [3.8, 4) is 33.4 Å². The molecule has 1 atom stereocenters. The van der Waals surface area contributed by atoms with Gasteiger partial charge in [-0.05, 0) is 167 Å². The highest BCUT2D eigenvalue weighted by Crippen LogP contribution is 2.43. The van der Waals surface area contributed by atoms with Crippen LogP contribution in [0.2, 0.25) is 0 Å². The van der Waals surface area contributed by atoms with E-state index in [9.17, 15) is 0 Å². The van der Waals surface area contributed by atoms with Crippen LogP contribution in [0.5, 0.6) is 0 Å². The Hall–Kier alpha value is -8.98. The van der Waals surface area contributed by atoms with Gasteiger partial charge in [-0.15, -0.1) is 0 Å². The van der Waals surface area contributed by atoms with Gasteiger partial charge in [-0.25, -0.2) is 0 Å². The van der Waals surface area contributed by atoms with Crippen LogP contribution in [0.1, 0.15) is 24.8 Å². The van der Waals surface area contributed by atoms with Crippen molar-refractivity contribution in [2.45, 2.75) is 25.3 Å². The molecule has 11 aromatic carbocycles. The van der Waals surface area contributed by atoms with E-state index < -0.39 is 0 Å². The maximum absolute atomic E-state index is 2.59. The van der Waals surface area contributed by atoms with E-state index in [2.05, 4.69) is 283 Å². The second-order valence-corrected chi connectivity index (χ2v) is 19.0. The van der Waals surface area contributed by atoms with Crippen LogP contribution in [0.4, 0.5) is 28.4 Å². The molecule has 0 fully saturated rings. The first kappa shape index (κ1) is 43.1. The topological polar surface area (TPSA) is 6.48 Å². The summed E-state index contributed by atoms with van der Waals surface area (Å²) in [6.45, 7) is 0. The fourth-order valence-corrected chi connectivity index (χ4v) is 11.4. The number of benzene rings is 11. The second kappa shape index (κ2) is 18.7. The molecule has 13 rings (SSSR count). The summed E-state index contributed by atoms with van der Waals surface area (Å²) in [4.78, 5) is 4.96. The Labute approximate surface area is 421 Å². The van der Waals surface area contributed by atoms with Crippen molar-refractivity contribution in [1.82, 2.24) is 0 Å². The molecular weight excluding hydrogens is 869 g/mol. The predicted octanol–water partition coefficient (Wildman–Crippen LogP) is 17.5. The van der Waals surface area contributed by atoms with Gasteiger partial charge in [-0.3, -0.25) is 0 Å². The van der Waals surface area contributed by atoms with E-state index in [1.165, 1.54) is 98.6 Å². The Morgan fingerprint density at radius 2 is 0.861 bits per heavy atom. The van der Waals surface area contributed by atoms with Crippen LogP contribution < -0.4 is 20.2 Å². The summed E-state index contributed by atoms with van der Waals surface area (Å²) in [6, 6.07) is 89.3. The monoisotopic (exact) mass is 920 g/mol. The number of fused-ring (bicyclic) bond motifs is 4. The molecule has 0 aromatic heterocycles. The van der Waals surface area contributed by atoms with Crippen LogP contribution >= 0.6 is 0 Å². The van der Waals surface area contributed by atoms with Gasteiger partial charge in [0, 0.05) is 28.4 Å².